The van der Waals surface area contributed by atoms with Crippen molar-refractivity contribution in [1.29, 1.82) is 0 Å². The molecule has 2 aromatic carbocycles. The van der Waals surface area contributed by atoms with E-state index < -0.39 is 0 Å². The van der Waals surface area contributed by atoms with Crippen LogP contribution < -0.4 is 16.0 Å². The van der Waals surface area contributed by atoms with Crippen LogP contribution in [0.25, 0.3) is 22.3 Å². The number of Topliss-reactive ketones (excluding diaryl/α,β-unsaturated/α-hetero) is 1. The molecule has 0 bridgehead atoms. The van der Waals surface area contributed by atoms with Gasteiger partial charge in [-0.2, -0.15) is 5.10 Å². The molecule has 9 nitrogen and oxygen atoms in total. The molecule has 0 radical (unpaired) electrons. The van der Waals surface area contributed by atoms with Gasteiger partial charge in [-0.05, 0) is 44.8 Å². The van der Waals surface area contributed by atoms with Crippen molar-refractivity contribution >= 4 is 39.7 Å². The van der Waals surface area contributed by atoms with Crippen LogP contribution in [0.3, 0.4) is 0 Å². The third-order valence-corrected chi connectivity index (χ3v) is 6.54. The number of hydrogen-bond donors (Lipinski definition) is 2. The van der Waals surface area contributed by atoms with E-state index in [1.165, 1.54) is 0 Å². The van der Waals surface area contributed by atoms with Gasteiger partial charge < -0.3 is 20.9 Å². The van der Waals surface area contributed by atoms with Gasteiger partial charge in [0.15, 0.2) is 0 Å². The molecule has 0 amide bonds. The number of nitrogen functional groups attached to an aromatic ring is 1. The number of benzene rings is 2. The molecule has 0 unspecified atom stereocenters. The third-order valence-electron chi connectivity index (χ3n) is 6.54. The summed E-state index contributed by atoms with van der Waals surface area (Å²) in [6.07, 6.45) is 2.44. The van der Waals surface area contributed by atoms with Crippen molar-refractivity contribution in [2.24, 2.45) is 7.05 Å². The van der Waals surface area contributed by atoms with Gasteiger partial charge in [0, 0.05) is 62.9 Å². The minimum absolute atomic E-state index is 0.128. The smallest absolute Gasteiger partial charge is 0.227 e. The van der Waals surface area contributed by atoms with E-state index in [1.807, 2.05) is 63.0 Å². The summed E-state index contributed by atoms with van der Waals surface area (Å²) in [5, 5.41) is 9.07. The zero-order valence-corrected chi connectivity index (χ0v) is 22.5. The van der Waals surface area contributed by atoms with Crippen molar-refractivity contribution in [1.82, 2.24) is 24.6 Å². The molecule has 4 rings (SSSR count). The number of aromatic nitrogens is 4. The first-order valence-corrected chi connectivity index (χ1v) is 12.5. The zero-order valence-electron chi connectivity index (χ0n) is 22.5. The summed E-state index contributed by atoms with van der Waals surface area (Å²) in [7, 11) is 8.07. The number of nitrogens with two attached hydrogens (primary N) is 1. The van der Waals surface area contributed by atoms with Crippen LogP contribution in [0.1, 0.15) is 24.5 Å². The molecule has 0 spiro atoms. The lowest BCUT2D eigenvalue weighted by molar-refractivity contribution is -0.118. The summed E-state index contributed by atoms with van der Waals surface area (Å²) in [5.41, 5.74) is 13.1. The molecule has 2 heterocycles. The molecule has 2 aromatic heterocycles. The Bertz CT molecular complexity index is 1430. The number of hydrogen-bond acceptors (Lipinski definition) is 8. The molecule has 194 valence electrons. The fraction of sp³-hybridized carbons (Fsp3) is 0.357. The summed E-state index contributed by atoms with van der Waals surface area (Å²) in [4.78, 5) is 26.1. The minimum Gasteiger partial charge on any atom is -0.397 e. The fourth-order valence-corrected chi connectivity index (χ4v) is 4.29. The first kappa shape index (κ1) is 26.1. The van der Waals surface area contributed by atoms with Crippen molar-refractivity contribution in [3.8, 4) is 11.4 Å². The maximum atomic E-state index is 12.3. The lowest BCUT2D eigenvalue weighted by Crippen LogP contribution is -2.29. The monoisotopic (exact) mass is 500 g/mol. The summed E-state index contributed by atoms with van der Waals surface area (Å²) >= 11 is 0. The molecule has 3 N–H and O–H groups in total. The SMILES string of the molecule is CCC(=O)Cc1cnc(Nc2cc(N)c(N(C)CCN(C)C)cc2C)nc1-c1nn(C)c2ccccc12. The number of aryl methyl sites for hydroxylation is 2. The number of carbonyl (C=O) groups is 1. The Hall–Kier alpha value is -3.98. The summed E-state index contributed by atoms with van der Waals surface area (Å²) < 4.78 is 1.83. The summed E-state index contributed by atoms with van der Waals surface area (Å²) in [6, 6.07) is 12.0. The molecule has 0 fully saturated rings. The van der Waals surface area contributed by atoms with Crippen molar-refractivity contribution in [3.05, 3.63) is 53.7 Å². The van der Waals surface area contributed by atoms with Crippen molar-refractivity contribution in [2.45, 2.75) is 26.7 Å². The molecule has 0 atom stereocenters. The Labute approximate surface area is 218 Å². The maximum absolute atomic E-state index is 12.3. The molecule has 9 heteroatoms. The van der Waals surface area contributed by atoms with Crippen LogP contribution in [0.4, 0.5) is 23.0 Å². The highest BCUT2D eigenvalue weighted by Gasteiger charge is 2.19. The largest absolute Gasteiger partial charge is 0.397 e. The van der Waals surface area contributed by atoms with Crippen LogP contribution in [0, 0.1) is 6.92 Å². The zero-order chi connectivity index (χ0) is 26.7. The van der Waals surface area contributed by atoms with E-state index in [9.17, 15) is 4.79 Å². The van der Waals surface area contributed by atoms with Crippen molar-refractivity contribution < 1.29 is 4.79 Å². The number of para-hydroxylation sites is 1. The Balaban J connectivity index is 1.71. The predicted molar refractivity (Wildman–Crippen MR) is 151 cm³/mol. The topological polar surface area (TPSA) is 105 Å². The van der Waals surface area contributed by atoms with E-state index in [1.54, 1.807) is 6.20 Å². The maximum Gasteiger partial charge on any atom is 0.227 e. The van der Waals surface area contributed by atoms with E-state index >= 15 is 0 Å². The van der Waals surface area contributed by atoms with Gasteiger partial charge in [-0.3, -0.25) is 9.48 Å². The van der Waals surface area contributed by atoms with E-state index in [0.29, 0.717) is 23.8 Å². The van der Waals surface area contributed by atoms with Gasteiger partial charge in [0.1, 0.15) is 17.2 Å². The number of ketones is 1. The van der Waals surface area contributed by atoms with Crippen LogP contribution in [0.15, 0.2) is 42.6 Å². The second-order valence-electron chi connectivity index (χ2n) is 9.70. The highest BCUT2D eigenvalue weighted by Crippen LogP contribution is 2.33. The Morgan fingerprint density at radius 3 is 2.59 bits per heavy atom. The van der Waals surface area contributed by atoms with Gasteiger partial charge in [-0.15, -0.1) is 0 Å². The van der Waals surface area contributed by atoms with Crippen LogP contribution >= 0.6 is 0 Å². The molecular formula is C28H36N8O. The number of rotatable bonds is 10. The number of nitrogens with zero attached hydrogens (tertiary/aromatic N) is 6. The highest BCUT2D eigenvalue weighted by atomic mass is 16.1. The van der Waals surface area contributed by atoms with Gasteiger partial charge in [0.05, 0.1) is 16.9 Å². The van der Waals surface area contributed by atoms with Crippen molar-refractivity contribution in [3.63, 3.8) is 0 Å². The number of nitrogens with one attached hydrogen (secondary N) is 1. The first-order chi connectivity index (χ1) is 17.7. The quantitative estimate of drug-likeness (QED) is 0.313. The number of likely N-dealkylation sites (N-methyl/N-ethyl adjacent to an activating group) is 2. The molecule has 0 aliphatic heterocycles. The third kappa shape index (κ3) is 5.72. The Morgan fingerprint density at radius 2 is 1.86 bits per heavy atom. The average molecular weight is 501 g/mol. The average Bonchev–Trinajstić information content (AvgIpc) is 3.21. The molecule has 0 saturated heterocycles. The number of anilines is 4. The first-order valence-electron chi connectivity index (χ1n) is 12.5. The molecular weight excluding hydrogens is 464 g/mol. The van der Waals surface area contributed by atoms with Crippen LogP contribution in [-0.4, -0.2) is 64.7 Å². The van der Waals surface area contributed by atoms with Gasteiger partial charge >= 0.3 is 0 Å². The van der Waals surface area contributed by atoms with Crippen molar-refractivity contribution in [2.75, 3.05) is 50.2 Å². The van der Waals surface area contributed by atoms with E-state index in [0.717, 1.165) is 52.2 Å². The summed E-state index contributed by atoms with van der Waals surface area (Å²) in [5.74, 6) is 0.553. The molecule has 0 saturated carbocycles. The second-order valence-corrected chi connectivity index (χ2v) is 9.70. The standard InChI is InChI=1S/C28H36N8O/c1-7-20(37)15-19-17-30-28(32-26(19)27-21-10-8-9-11-24(21)36(6)33-27)31-23-16-22(29)25(14-18(23)2)35(5)13-12-34(3)4/h8-11,14,16-17H,7,12-13,15,29H2,1-6H3,(H,30,31,32). The van der Waals surface area contributed by atoms with E-state index in [4.69, 9.17) is 15.8 Å². The predicted octanol–water partition coefficient (Wildman–Crippen LogP) is 4.18. The van der Waals surface area contributed by atoms with Crippen LogP contribution in [-0.2, 0) is 18.3 Å². The second kappa shape index (κ2) is 11.0. The lowest BCUT2D eigenvalue weighted by atomic mass is 10.0. The molecule has 37 heavy (non-hydrogen) atoms. The van der Waals surface area contributed by atoms with Crippen LogP contribution in [0.2, 0.25) is 0 Å². The normalized spacial score (nSPS) is 11.3. The minimum atomic E-state index is 0.128. The molecule has 0 aliphatic rings. The van der Waals surface area contributed by atoms with Gasteiger partial charge in [-0.1, -0.05) is 25.1 Å². The lowest BCUT2D eigenvalue weighted by Gasteiger charge is -2.24. The molecule has 0 aliphatic carbocycles. The summed E-state index contributed by atoms with van der Waals surface area (Å²) in [6.45, 7) is 5.70. The Kier molecular flexibility index (Phi) is 7.73. The molecule has 4 aromatic rings. The van der Waals surface area contributed by atoms with Crippen LogP contribution in [0.5, 0.6) is 0 Å². The van der Waals surface area contributed by atoms with Gasteiger partial charge in [0.25, 0.3) is 0 Å². The Morgan fingerprint density at radius 1 is 1.11 bits per heavy atom. The highest BCUT2D eigenvalue weighted by molar-refractivity contribution is 5.94. The number of fused-ring (bicyclic) bond motifs is 1. The van der Waals surface area contributed by atoms with E-state index in [-0.39, 0.29) is 12.2 Å². The van der Waals surface area contributed by atoms with E-state index in [2.05, 4.69) is 40.3 Å². The van der Waals surface area contributed by atoms with Gasteiger partial charge in [0.2, 0.25) is 5.95 Å². The van der Waals surface area contributed by atoms with Gasteiger partial charge in [-0.25, -0.2) is 9.97 Å². The number of carbonyl (C=O) groups excluding carboxylic acids is 1. The fourth-order valence-electron chi connectivity index (χ4n) is 4.29.